The third kappa shape index (κ3) is 7.19. The zero-order chi connectivity index (χ0) is 20.5. The average Bonchev–Trinajstić information content (AvgIpc) is 2.74. The molecule has 0 unspecified atom stereocenters. The lowest BCUT2D eigenvalue weighted by molar-refractivity contribution is -0.123. The van der Waals surface area contributed by atoms with Gasteiger partial charge in [-0.2, -0.15) is 0 Å². The van der Waals surface area contributed by atoms with Crippen molar-refractivity contribution in [3.05, 3.63) is 64.1 Å². The van der Waals surface area contributed by atoms with Crippen LogP contribution in [0.4, 0.5) is 0 Å². The lowest BCUT2D eigenvalue weighted by atomic mass is 10.1. The van der Waals surface area contributed by atoms with Gasteiger partial charge in [-0.1, -0.05) is 53.5 Å². The van der Waals surface area contributed by atoms with Crippen molar-refractivity contribution < 1.29 is 14.3 Å². The third-order valence-corrected chi connectivity index (χ3v) is 5.33. The summed E-state index contributed by atoms with van der Waals surface area (Å²) in [5.74, 6) is 0.290. The molecular weight excluding hydrogens is 411 g/mol. The summed E-state index contributed by atoms with van der Waals surface area (Å²) in [4.78, 5) is 14.4. The monoisotopic (exact) mass is 436 g/mol. The van der Waals surface area contributed by atoms with Crippen LogP contribution in [0.25, 0.3) is 0 Å². The van der Waals surface area contributed by atoms with E-state index in [-0.39, 0.29) is 18.6 Å². The van der Waals surface area contributed by atoms with Gasteiger partial charge in [0.1, 0.15) is 5.75 Å². The Morgan fingerprint density at radius 3 is 2.79 bits per heavy atom. The topological polar surface area (TPSA) is 50.8 Å². The highest BCUT2D eigenvalue weighted by atomic mass is 35.5. The quantitative estimate of drug-likeness (QED) is 0.593. The normalized spacial score (nSPS) is 17.1. The fraction of sp³-hybridized carbons (Fsp3) is 0.409. The summed E-state index contributed by atoms with van der Waals surface area (Å²) in [7, 11) is 0. The van der Waals surface area contributed by atoms with E-state index in [9.17, 15) is 4.79 Å². The van der Waals surface area contributed by atoms with Crippen molar-refractivity contribution in [1.29, 1.82) is 0 Å². The van der Waals surface area contributed by atoms with Gasteiger partial charge in [0, 0.05) is 24.7 Å². The Balaban J connectivity index is 1.29. The van der Waals surface area contributed by atoms with Gasteiger partial charge in [0.2, 0.25) is 0 Å². The molecule has 0 aliphatic carbocycles. The number of hydrogen-bond acceptors (Lipinski definition) is 4. The Bertz CT molecular complexity index is 789. The van der Waals surface area contributed by atoms with E-state index in [0.717, 1.165) is 39.1 Å². The van der Waals surface area contributed by atoms with E-state index < -0.39 is 0 Å². The van der Waals surface area contributed by atoms with E-state index in [4.69, 9.17) is 32.7 Å². The number of morpholine rings is 1. The molecule has 5 nitrogen and oxygen atoms in total. The number of nitrogens with one attached hydrogen (secondary N) is 1. The van der Waals surface area contributed by atoms with Crippen LogP contribution in [-0.2, 0) is 9.53 Å². The minimum absolute atomic E-state index is 0.0659. The molecule has 0 saturated carbocycles. The minimum Gasteiger partial charge on any atom is -0.482 e. The SMILES string of the molecule is O=C(COc1ccc(Cl)cc1Cl)NCCCCN1CCO[C@H](c2ccccc2)C1. The predicted octanol–water partition coefficient (Wildman–Crippen LogP) is 4.34. The smallest absolute Gasteiger partial charge is 0.257 e. The molecule has 156 valence electrons. The highest BCUT2D eigenvalue weighted by Gasteiger charge is 2.21. The van der Waals surface area contributed by atoms with E-state index in [1.807, 2.05) is 18.2 Å². The van der Waals surface area contributed by atoms with Gasteiger partial charge in [-0.05, 0) is 43.1 Å². The molecule has 2 aromatic rings. The van der Waals surface area contributed by atoms with Crippen molar-refractivity contribution in [2.24, 2.45) is 0 Å². The molecule has 7 heteroatoms. The Hall–Kier alpha value is -1.79. The van der Waals surface area contributed by atoms with Gasteiger partial charge in [0.15, 0.2) is 6.61 Å². The molecule has 2 aromatic carbocycles. The lowest BCUT2D eigenvalue weighted by Gasteiger charge is -2.33. The number of nitrogens with zero attached hydrogens (tertiary/aromatic N) is 1. The van der Waals surface area contributed by atoms with Crippen LogP contribution in [0.5, 0.6) is 5.75 Å². The van der Waals surface area contributed by atoms with Crippen LogP contribution < -0.4 is 10.1 Å². The molecule has 1 N–H and O–H groups in total. The molecule has 1 saturated heterocycles. The number of amides is 1. The molecule has 29 heavy (non-hydrogen) atoms. The summed E-state index contributed by atoms with van der Waals surface area (Å²) in [6.07, 6.45) is 2.08. The second kappa shape index (κ2) is 11.4. The fourth-order valence-electron chi connectivity index (χ4n) is 3.25. The summed E-state index contributed by atoms with van der Waals surface area (Å²) in [6, 6.07) is 15.3. The lowest BCUT2D eigenvalue weighted by Crippen LogP contribution is -2.39. The Kier molecular flexibility index (Phi) is 8.62. The van der Waals surface area contributed by atoms with Crippen LogP contribution in [0.15, 0.2) is 48.5 Å². The summed E-state index contributed by atoms with van der Waals surface area (Å²) >= 11 is 11.9. The molecule has 1 aliphatic rings. The molecule has 1 amide bonds. The standard InChI is InChI=1S/C22H26Cl2N2O3/c23-18-8-9-20(19(24)14-18)29-16-22(27)25-10-4-5-11-26-12-13-28-21(15-26)17-6-2-1-3-7-17/h1-3,6-9,14,21H,4-5,10-13,15-16H2,(H,25,27)/t21-/m0/s1. The van der Waals surface area contributed by atoms with E-state index in [2.05, 4.69) is 22.3 Å². The van der Waals surface area contributed by atoms with Gasteiger partial charge in [-0.25, -0.2) is 0 Å². The van der Waals surface area contributed by atoms with Crippen LogP contribution in [0.2, 0.25) is 10.0 Å². The molecule has 0 radical (unpaired) electrons. The van der Waals surface area contributed by atoms with Gasteiger partial charge in [-0.3, -0.25) is 9.69 Å². The van der Waals surface area contributed by atoms with Crippen molar-refractivity contribution in [1.82, 2.24) is 10.2 Å². The summed E-state index contributed by atoms with van der Waals surface area (Å²) in [6.45, 7) is 4.17. The molecule has 1 heterocycles. The van der Waals surface area contributed by atoms with Gasteiger partial charge < -0.3 is 14.8 Å². The van der Waals surface area contributed by atoms with Crippen LogP contribution >= 0.6 is 23.2 Å². The summed E-state index contributed by atoms with van der Waals surface area (Å²) < 4.78 is 11.3. The van der Waals surface area contributed by atoms with Crippen molar-refractivity contribution in [2.75, 3.05) is 39.4 Å². The first-order valence-electron chi connectivity index (χ1n) is 9.85. The second-order valence-corrected chi connectivity index (χ2v) is 7.83. The largest absolute Gasteiger partial charge is 0.482 e. The first kappa shape index (κ1) is 21.9. The molecular formula is C22H26Cl2N2O3. The maximum absolute atomic E-state index is 11.9. The molecule has 1 atom stereocenters. The van der Waals surface area contributed by atoms with Crippen LogP contribution in [0.1, 0.15) is 24.5 Å². The fourth-order valence-corrected chi connectivity index (χ4v) is 3.71. The third-order valence-electron chi connectivity index (χ3n) is 4.80. The Morgan fingerprint density at radius 1 is 1.17 bits per heavy atom. The first-order valence-corrected chi connectivity index (χ1v) is 10.6. The van der Waals surface area contributed by atoms with Crippen LogP contribution in [0.3, 0.4) is 0 Å². The minimum atomic E-state index is -0.161. The maximum Gasteiger partial charge on any atom is 0.257 e. The number of ether oxygens (including phenoxy) is 2. The van der Waals surface area contributed by atoms with Crippen molar-refractivity contribution in [2.45, 2.75) is 18.9 Å². The molecule has 0 spiro atoms. The Morgan fingerprint density at radius 2 is 2.00 bits per heavy atom. The van der Waals surface area contributed by atoms with Crippen LogP contribution in [0, 0.1) is 0 Å². The van der Waals surface area contributed by atoms with Gasteiger partial charge in [0.25, 0.3) is 5.91 Å². The van der Waals surface area contributed by atoms with E-state index in [0.29, 0.717) is 22.3 Å². The summed E-state index contributed by atoms with van der Waals surface area (Å²) in [5, 5.41) is 3.80. The van der Waals surface area contributed by atoms with Crippen LogP contribution in [-0.4, -0.2) is 50.2 Å². The first-order chi connectivity index (χ1) is 14.1. The van der Waals surface area contributed by atoms with Gasteiger partial charge >= 0.3 is 0 Å². The van der Waals surface area contributed by atoms with Crippen molar-refractivity contribution >= 4 is 29.1 Å². The predicted molar refractivity (Wildman–Crippen MR) is 116 cm³/mol. The van der Waals surface area contributed by atoms with E-state index >= 15 is 0 Å². The highest BCUT2D eigenvalue weighted by molar-refractivity contribution is 6.35. The number of hydrogen-bond donors (Lipinski definition) is 1. The number of unbranched alkanes of at least 4 members (excludes halogenated alkanes) is 1. The number of carbonyl (C=O) groups excluding carboxylic acids is 1. The zero-order valence-corrected chi connectivity index (χ0v) is 17.8. The molecule has 0 bridgehead atoms. The number of rotatable bonds is 9. The van der Waals surface area contributed by atoms with E-state index in [1.165, 1.54) is 5.56 Å². The molecule has 1 aliphatic heterocycles. The zero-order valence-electron chi connectivity index (χ0n) is 16.3. The molecule has 3 rings (SSSR count). The second-order valence-electron chi connectivity index (χ2n) is 6.99. The molecule has 0 aromatic heterocycles. The van der Waals surface area contributed by atoms with E-state index in [1.54, 1.807) is 18.2 Å². The van der Waals surface area contributed by atoms with Gasteiger partial charge in [-0.15, -0.1) is 0 Å². The number of benzene rings is 2. The molecule has 1 fully saturated rings. The van der Waals surface area contributed by atoms with Crippen molar-refractivity contribution in [3.8, 4) is 5.75 Å². The average molecular weight is 437 g/mol. The Labute approximate surface area is 181 Å². The summed E-state index contributed by atoms with van der Waals surface area (Å²) in [5.41, 5.74) is 1.23. The number of carbonyl (C=O) groups is 1. The number of halogens is 2. The van der Waals surface area contributed by atoms with Crippen molar-refractivity contribution in [3.63, 3.8) is 0 Å². The highest BCUT2D eigenvalue weighted by Crippen LogP contribution is 2.27. The van der Waals surface area contributed by atoms with Gasteiger partial charge in [0.05, 0.1) is 17.7 Å². The maximum atomic E-state index is 11.9.